The van der Waals surface area contributed by atoms with Gasteiger partial charge in [-0.1, -0.05) is 11.6 Å². The normalized spacial score (nSPS) is 34.5. The van der Waals surface area contributed by atoms with Crippen molar-refractivity contribution in [1.82, 2.24) is 10.6 Å². The van der Waals surface area contributed by atoms with E-state index in [4.69, 9.17) is 4.74 Å². The Morgan fingerprint density at radius 3 is 2.33 bits per heavy atom. The average molecular weight is 522 g/mol. The fourth-order valence-corrected chi connectivity index (χ4v) is 6.34. The number of rotatable bonds is 2. The molecule has 4 aliphatic rings. The summed E-state index contributed by atoms with van der Waals surface area (Å²) in [7, 11) is 1.45. The molecule has 1 saturated carbocycles. The predicted octanol–water partition coefficient (Wildman–Crippen LogP) is 1.22. The highest BCUT2D eigenvalue weighted by Gasteiger charge is 2.58. The highest BCUT2D eigenvalue weighted by Crippen LogP contribution is 2.56. The fraction of sp³-hybridized carbons (Fsp3) is 0.429. The van der Waals surface area contributed by atoms with Crippen molar-refractivity contribution in [3.8, 4) is 11.5 Å². The third-order valence-electron chi connectivity index (χ3n) is 6.96. The second-order valence-electron chi connectivity index (χ2n) is 8.28. The molecule has 8 nitrogen and oxygen atoms in total. The molecule has 6 atom stereocenters. The zero-order valence-electron chi connectivity index (χ0n) is 16.0. The first-order chi connectivity index (χ1) is 14.3. The lowest BCUT2D eigenvalue weighted by atomic mass is 9.57. The van der Waals surface area contributed by atoms with E-state index in [0.29, 0.717) is 16.4 Å². The molecule has 1 aromatic rings. The summed E-state index contributed by atoms with van der Waals surface area (Å²) in [6.07, 6.45) is 2.75. The summed E-state index contributed by atoms with van der Waals surface area (Å²) in [5.41, 5.74) is 1.66. The molecular formula is C21H19IN2O6. The summed E-state index contributed by atoms with van der Waals surface area (Å²) in [6.45, 7) is 0. The number of imide groups is 2. The van der Waals surface area contributed by atoms with Crippen molar-refractivity contribution >= 4 is 46.2 Å². The molecule has 0 spiro atoms. The van der Waals surface area contributed by atoms with Crippen molar-refractivity contribution in [1.29, 1.82) is 0 Å². The Labute approximate surface area is 185 Å². The van der Waals surface area contributed by atoms with Gasteiger partial charge in [-0.05, 0) is 59.0 Å². The summed E-state index contributed by atoms with van der Waals surface area (Å²) >= 11 is 2.00. The lowest BCUT2D eigenvalue weighted by Gasteiger charge is -2.44. The van der Waals surface area contributed by atoms with Gasteiger partial charge in [0.1, 0.15) is 0 Å². The number of amides is 4. The van der Waals surface area contributed by atoms with E-state index in [2.05, 4.69) is 10.6 Å². The van der Waals surface area contributed by atoms with E-state index in [0.717, 1.165) is 11.1 Å². The van der Waals surface area contributed by atoms with Crippen LogP contribution in [0.3, 0.4) is 0 Å². The number of benzene rings is 1. The van der Waals surface area contributed by atoms with Crippen molar-refractivity contribution in [3.05, 3.63) is 32.9 Å². The van der Waals surface area contributed by atoms with Crippen LogP contribution in [0.15, 0.2) is 23.8 Å². The highest BCUT2D eigenvalue weighted by molar-refractivity contribution is 14.1. The minimum atomic E-state index is -0.596. The molecule has 0 bridgehead atoms. The van der Waals surface area contributed by atoms with Crippen LogP contribution in [0.25, 0.3) is 0 Å². The van der Waals surface area contributed by atoms with Crippen molar-refractivity contribution in [2.75, 3.05) is 7.11 Å². The number of carbonyl (C=O) groups excluding carboxylic acids is 4. The first-order valence-electron chi connectivity index (χ1n) is 9.77. The first-order valence-corrected chi connectivity index (χ1v) is 10.9. The fourth-order valence-electron chi connectivity index (χ4n) is 5.71. The van der Waals surface area contributed by atoms with Gasteiger partial charge in [-0.3, -0.25) is 29.8 Å². The lowest BCUT2D eigenvalue weighted by Crippen LogP contribution is -2.42. The lowest BCUT2D eigenvalue weighted by molar-refractivity contribution is -0.128. The number of halogens is 1. The van der Waals surface area contributed by atoms with Crippen LogP contribution in [-0.4, -0.2) is 35.8 Å². The second kappa shape index (κ2) is 6.79. The van der Waals surface area contributed by atoms with Crippen LogP contribution >= 0.6 is 22.6 Å². The van der Waals surface area contributed by atoms with Crippen LogP contribution in [0.4, 0.5) is 0 Å². The largest absolute Gasteiger partial charge is 0.504 e. The standard InChI is InChI=1S/C21H19IN2O6/c1-30-13-5-7(4-12(22)17(13)25)14-8-2-3-9-15(20(28)23-18(9)26)10(8)6-11-16(14)21(29)24-19(11)27/h2,4-5,9-11,14-16,25H,3,6H2,1H3,(H,23,26,28)(H,24,27,29)/t9-,10+,11+,14-,15-,16+/m0/s1. The highest BCUT2D eigenvalue weighted by atomic mass is 127. The zero-order valence-corrected chi connectivity index (χ0v) is 18.1. The Kier molecular flexibility index (Phi) is 4.42. The van der Waals surface area contributed by atoms with Crippen molar-refractivity contribution in [2.45, 2.75) is 18.8 Å². The van der Waals surface area contributed by atoms with Gasteiger partial charge in [0, 0.05) is 5.92 Å². The minimum absolute atomic E-state index is 0.0103. The first kappa shape index (κ1) is 19.5. The Hall–Kier alpha value is -2.43. The van der Waals surface area contributed by atoms with Gasteiger partial charge in [0.15, 0.2) is 11.5 Å². The van der Waals surface area contributed by atoms with Gasteiger partial charge in [0.25, 0.3) is 0 Å². The number of allylic oxidation sites excluding steroid dienone is 2. The number of ether oxygens (including phenoxy) is 1. The molecule has 2 heterocycles. The van der Waals surface area contributed by atoms with Crippen LogP contribution in [0.2, 0.25) is 0 Å². The third-order valence-corrected chi connectivity index (χ3v) is 7.79. The number of phenolic OH excluding ortho intramolecular Hbond substituents is 1. The van der Waals surface area contributed by atoms with Gasteiger partial charge < -0.3 is 9.84 Å². The molecular weight excluding hydrogens is 503 g/mol. The van der Waals surface area contributed by atoms with Crippen molar-refractivity contribution in [3.63, 3.8) is 0 Å². The molecule has 2 saturated heterocycles. The molecule has 5 rings (SSSR count). The number of carbonyl (C=O) groups is 4. The maximum Gasteiger partial charge on any atom is 0.231 e. The Balaban J connectivity index is 1.68. The van der Waals surface area contributed by atoms with E-state index in [1.807, 2.05) is 28.7 Å². The van der Waals surface area contributed by atoms with Gasteiger partial charge in [-0.2, -0.15) is 0 Å². The number of aromatic hydroxyl groups is 1. The topological polar surface area (TPSA) is 122 Å². The van der Waals surface area contributed by atoms with E-state index in [1.165, 1.54) is 7.11 Å². The number of fused-ring (bicyclic) bond motifs is 4. The molecule has 0 radical (unpaired) electrons. The van der Waals surface area contributed by atoms with Gasteiger partial charge in [0.05, 0.1) is 34.4 Å². The SMILES string of the molecule is COc1cc([C@H]2C3=CC[C@@H]4C(=O)NC(=O)[C@@H]4[C@@H]3C[C@H]3C(=O)NC(=O)[C@@H]23)cc(I)c1O. The van der Waals surface area contributed by atoms with Gasteiger partial charge in [0.2, 0.25) is 23.6 Å². The van der Waals surface area contributed by atoms with Gasteiger partial charge in [-0.25, -0.2) is 0 Å². The smallest absolute Gasteiger partial charge is 0.231 e. The quantitative estimate of drug-likeness (QED) is 0.305. The molecule has 4 amide bonds. The molecule has 3 fully saturated rings. The summed E-state index contributed by atoms with van der Waals surface area (Å²) in [5, 5.41) is 15.1. The van der Waals surface area contributed by atoms with Gasteiger partial charge >= 0.3 is 0 Å². The summed E-state index contributed by atoms with van der Waals surface area (Å²) < 4.78 is 5.87. The number of phenols is 1. The van der Waals surface area contributed by atoms with Crippen LogP contribution in [0.1, 0.15) is 24.3 Å². The van der Waals surface area contributed by atoms with Crippen molar-refractivity contribution in [2.24, 2.45) is 29.6 Å². The molecule has 2 aliphatic heterocycles. The van der Waals surface area contributed by atoms with Crippen LogP contribution in [0.5, 0.6) is 11.5 Å². The van der Waals surface area contributed by atoms with Crippen LogP contribution in [-0.2, 0) is 19.2 Å². The predicted molar refractivity (Wildman–Crippen MR) is 111 cm³/mol. The molecule has 30 heavy (non-hydrogen) atoms. The number of methoxy groups -OCH3 is 1. The zero-order chi connectivity index (χ0) is 21.3. The molecule has 0 aromatic heterocycles. The van der Waals surface area contributed by atoms with E-state index >= 15 is 0 Å². The third kappa shape index (κ3) is 2.63. The average Bonchev–Trinajstić information content (AvgIpc) is 3.17. The van der Waals surface area contributed by atoms with Crippen LogP contribution in [0, 0.1) is 33.2 Å². The molecule has 1 aromatic carbocycles. The summed E-state index contributed by atoms with van der Waals surface area (Å²) in [5.74, 6) is -3.80. The van der Waals surface area contributed by atoms with E-state index in [1.54, 1.807) is 12.1 Å². The monoisotopic (exact) mass is 522 g/mol. The summed E-state index contributed by atoms with van der Waals surface area (Å²) in [6, 6.07) is 3.47. The Morgan fingerprint density at radius 2 is 1.63 bits per heavy atom. The van der Waals surface area contributed by atoms with Gasteiger partial charge in [-0.15, -0.1) is 0 Å². The number of hydrogen-bond acceptors (Lipinski definition) is 6. The van der Waals surface area contributed by atoms with E-state index in [9.17, 15) is 24.3 Å². The van der Waals surface area contributed by atoms with E-state index in [-0.39, 0.29) is 41.0 Å². The Bertz CT molecular complexity index is 1050. The maximum atomic E-state index is 12.8. The second-order valence-corrected chi connectivity index (χ2v) is 9.45. The molecule has 2 aliphatic carbocycles. The number of nitrogens with one attached hydrogen (secondary N) is 2. The molecule has 156 valence electrons. The molecule has 3 N–H and O–H groups in total. The van der Waals surface area contributed by atoms with E-state index < -0.39 is 29.6 Å². The minimum Gasteiger partial charge on any atom is -0.504 e. The Morgan fingerprint density at radius 1 is 0.967 bits per heavy atom. The van der Waals surface area contributed by atoms with Crippen LogP contribution < -0.4 is 15.4 Å². The van der Waals surface area contributed by atoms with Crippen molar-refractivity contribution < 1.29 is 29.0 Å². The number of hydrogen-bond donors (Lipinski definition) is 3. The summed E-state index contributed by atoms with van der Waals surface area (Å²) in [4.78, 5) is 50.1. The molecule has 9 heteroatoms. The molecule has 0 unspecified atom stereocenters. The maximum absolute atomic E-state index is 12.8.